The monoisotopic (exact) mass is 434 g/mol. The molecule has 0 aromatic heterocycles. The maximum atomic E-state index is 13.0. The van der Waals surface area contributed by atoms with Crippen molar-refractivity contribution in [3.05, 3.63) is 28.2 Å². The van der Waals surface area contributed by atoms with Gasteiger partial charge in [0.25, 0.3) is 0 Å². The highest BCUT2D eigenvalue weighted by atomic mass is 35.5. The molecule has 4 aliphatic rings. The number of halogens is 2. The maximum Gasteiger partial charge on any atom is 0.233 e. The van der Waals surface area contributed by atoms with Gasteiger partial charge in [-0.25, -0.2) is 0 Å². The molecule has 1 heterocycles. The first-order valence-electron chi connectivity index (χ1n) is 10.6. The Labute approximate surface area is 180 Å². The van der Waals surface area contributed by atoms with Gasteiger partial charge in [0.1, 0.15) is 0 Å². The van der Waals surface area contributed by atoms with Gasteiger partial charge >= 0.3 is 0 Å². The number of likely N-dealkylation sites (tertiary alicyclic amines) is 1. The summed E-state index contributed by atoms with van der Waals surface area (Å²) in [7, 11) is 0. The molecule has 5 rings (SSSR count). The fourth-order valence-corrected chi connectivity index (χ4v) is 6.57. The van der Waals surface area contributed by atoms with Crippen molar-refractivity contribution in [2.45, 2.75) is 51.0 Å². The SMILES string of the molecule is O=C(Nc1cccc(Cl)c1Cl)C1CCC(N2C(=O)[C@@H]3[C@@H]4CC[C@@H](C4)[C@@H]3C2=O)CC1. The van der Waals surface area contributed by atoms with Gasteiger partial charge in [-0.1, -0.05) is 29.3 Å². The third-order valence-electron chi connectivity index (χ3n) is 7.60. The van der Waals surface area contributed by atoms with Crippen molar-refractivity contribution in [2.75, 3.05) is 5.32 Å². The predicted molar refractivity (Wildman–Crippen MR) is 111 cm³/mol. The minimum absolute atomic E-state index is 0.0567. The number of nitrogens with one attached hydrogen (secondary N) is 1. The Hall–Kier alpha value is -1.59. The normalized spacial score (nSPS) is 35.9. The second kappa shape index (κ2) is 7.28. The van der Waals surface area contributed by atoms with E-state index in [9.17, 15) is 14.4 Å². The number of nitrogens with zero attached hydrogens (tertiary/aromatic N) is 1. The van der Waals surface area contributed by atoms with Gasteiger partial charge in [-0.05, 0) is 68.9 Å². The van der Waals surface area contributed by atoms with Crippen LogP contribution in [-0.4, -0.2) is 28.7 Å². The van der Waals surface area contributed by atoms with Crippen molar-refractivity contribution in [1.82, 2.24) is 4.90 Å². The minimum Gasteiger partial charge on any atom is -0.324 e. The molecule has 1 aliphatic heterocycles. The van der Waals surface area contributed by atoms with E-state index in [1.165, 1.54) is 0 Å². The zero-order valence-corrected chi connectivity index (χ0v) is 17.6. The number of rotatable bonds is 3. The average molecular weight is 435 g/mol. The van der Waals surface area contributed by atoms with E-state index in [0.29, 0.717) is 53.3 Å². The van der Waals surface area contributed by atoms with Crippen LogP contribution in [0.2, 0.25) is 10.0 Å². The van der Waals surface area contributed by atoms with Crippen molar-refractivity contribution in [3.8, 4) is 0 Å². The van der Waals surface area contributed by atoms with Crippen LogP contribution in [0, 0.1) is 29.6 Å². The molecule has 4 atom stereocenters. The van der Waals surface area contributed by atoms with E-state index in [0.717, 1.165) is 19.3 Å². The van der Waals surface area contributed by atoms with Crippen LogP contribution >= 0.6 is 23.2 Å². The van der Waals surface area contributed by atoms with E-state index in [2.05, 4.69) is 5.32 Å². The smallest absolute Gasteiger partial charge is 0.233 e. The lowest BCUT2D eigenvalue weighted by Crippen LogP contribution is -2.44. The number of benzene rings is 1. The Morgan fingerprint density at radius 1 is 0.931 bits per heavy atom. The molecule has 1 saturated heterocycles. The molecule has 0 unspecified atom stereocenters. The van der Waals surface area contributed by atoms with Gasteiger partial charge in [0.2, 0.25) is 17.7 Å². The highest BCUT2D eigenvalue weighted by Gasteiger charge is 2.61. The number of hydrogen-bond donors (Lipinski definition) is 1. The largest absolute Gasteiger partial charge is 0.324 e. The lowest BCUT2D eigenvalue weighted by atomic mass is 9.81. The number of imide groups is 1. The van der Waals surface area contributed by atoms with Crippen molar-refractivity contribution < 1.29 is 14.4 Å². The average Bonchev–Trinajstić information content (AvgIpc) is 3.39. The molecule has 4 fully saturated rings. The van der Waals surface area contributed by atoms with E-state index >= 15 is 0 Å². The second-order valence-electron chi connectivity index (χ2n) is 9.03. The molecular formula is C22H24Cl2N2O3. The molecular weight excluding hydrogens is 411 g/mol. The van der Waals surface area contributed by atoms with Crippen LogP contribution in [0.1, 0.15) is 44.9 Å². The summed E-state index contributed by atoms with van der Waals surface area (Å²) in [5.74, 6) is 0.592. The first kappa shape index (κ1) is 19.4. The quantitative estimate of drug-likeness (QED) is 0.710. The fourth-order valence-electron chi connectivity index (χ4n) is 6.22. The number of carbonyl (C=O) groups excluding carboxylic acids is 3. The van der Waals surface area contributed by atoms with Gasteiger partial charge in [0.15, 0.2) is 0 Å². The van der Waals surface area contributed by atoms with Gasteiger partial charge in [-0.3, -0.25) is 19.3 Å². The van der Waals surface area contributed by atoms with Crippen LogP contribution in [0.15, 0.2) is 18.2 Å². The predicted octanol–water partition coefficient (Wildman–Crippen LogP) is 4.52. The molecule has 3 aliphatic carbocycles. The van der Waals surface area contributed by atoms with E-state index in [1.807, 2.05) is 0 Å². The van der Waals surface area contributed by atoms with Gasteiger partial charge in [0.05, 0.1) is 27.6 Å². The first-order chi connectivity index (χ1) is 14.0. The number of carbonyl (C=O) groups is 3. The standard InChI is InChI=1S/C22H24Cl2N2O3/c23-15-2-1-3-16(19(15)24)25-20(27)11-6-8-14(9-7-11)26-21(28)17-12-4-5-13(10-12)18(17)22(26)29/h1-3,11-14,17-18H,4-10H2,(H,25,27)/t11?,12-,13+,14?,17-,18+. The van der Waals surface area contributed by atoms with Crippen molar-refractivity contribution in [2.24, 2.45) is 29.6 Å². The van der Waals surface area contributed by atoms with E-state index in [1.54, 1.807) is 23.1 Å². The van der Waals surface area contributed by atoms with Crippen LogP contribution in [0.25, 0.3) is 0 Å². The fraction of sp³-hybridized carbons (Fsp3) is 0.591. The summed E-state index contributed by atoms with van der Waals surface area (Å²) >= 11 is 12.2. The first-order valence-corrected chi connectivity index (χ1v) is 11.3. The number of hydrogen-bond acceptors (Lipinski definition) is 3. The van der Waals surface area contributed by atoms with Gasteiger partial charge in [-0.2, -0.15) is 0 Å². The molecule has 3 saturated carbocycles. The maximum absolute atomic E-state index is 13.0. The van der Waals surface area contributed by atoms with Crippen LogP contribution < -0.4 is 5.32 Å². The zero-order valence-electron chi connectivity index (χ0n) is 16.1. The molecule has 154 valence electrons. The van der Waals surface area contributed by atoms with Crippen molar-refractivity contribution in [3.63, 3.8) is 0 Å². The van der Waals surface area contributed by atoms with Crippen LogP contribution in [0.4, 0.5) is 5.69 Å². The van der Waals surface area contributed by atoms with Gasteiger partial charge < -0.3 is 5.32 Å². The summed E-state index contributed by atoms with van der Waals surface area (Å²) < 4.78 is 0. The molecule has 7 heteroatoms. The van der Waals surface area contributed by atoms with E-state index in [-0.39, 0.29) is 41.5 Å². The number of fused-ring (bicyclic) bond motifs is 5. The summed E-state index contributed by atoms with van der Waals surface area (Å²) in [6.07, 6.45) is 5.94. The molecule has 0 spiro atoms. The molecule has 3 amide bonds. The van der Waals surface area contributed by atoms with Crippen molar-refractivity contribution >= 4 is 46.6 Å². The van der Waals surface area contributed by atoms with E-state index in [4.69, 9.17) is 23.2 Å². The molecule has 5 nitrogen and oxygen atoms in total. The molecule has 1 aromatic rings. The Balaban J connectivity index is 1.22. The molecule has 0 radical (unpaired) electrons. The van der Waals surface area contributed by atoms with E-state index < -0.39 is 0 Å². The molecule has 29 heavy (non-hydrogen) atoms. The third kappa shape index (κ3) is 3.09. The Morgan fingerprint density at radius 3 is 2.17 bits per heavy atom. The molecule has 2 bridgehead atoms. The molecule has 1 aromatic carbocycles. The number of anilines is 1. The summed E-state index contributed by atoms with van der Waals surface area (Å²) in [4.78, 5) is 40.3. The highest BCUT2D eigenvalue weighted by molar-refractivity contribution is 6.44. The summed E-state index contributed by atoms with van der Waals surface area (Å²) in [5, 5.41) is 3.61. The van der Waals surface area contributed by atoms with Crippen LogP contribution in [0.5, 0.6) is 0 Å². The third-order valence-corrected chi connectivity index (χ3v) is 8.42. The van der Waals surface area contributed by atoms with Crippen molar-refractivity contribution in [1.29, 1.82) is 0 Å². The van der Waals surface area contributed by atoms with Gasteiger partial charge in [-0.15, -0.1) is 0 Å². The second-order valence-corrected chi connectivity index (χ2v) is 9.81. The Kier molecular flexibility index (Phi) is 4.86. The summed E-state index contributed by atoms with van der Waals surface area (Å²) in [6, 6.07) is 5.09. The summed E-state index contributed by atoms with van der Waals surface area (Å²) in [5.41, 5.74) is 0.513. The lowest BCUT2D eigenvalue weighted by molar-refractivity contribution is -0.144. The number of amides is 3. The Bertz CT molecular complexity index is 853. The highest BCUT2D eigenvalue weighted by Crippen LogP contribution is 2.56. The topological polar surface area (TPSA) is 66.5 Å². The summed E-state index contributed by atoms with van der Waals surface area (Å²) in [6.45, 7) is 0. The van der Waals surface area contributed by atoms with Gasteiger partial charge in [0, 0.05) is 12.0 Å². The Morgan fingerprint density at radius 2 is 1.55 bits per heavy atom. The molecule has 1 N–H and O–H groups in total. The van der Waals surface area contributed by atoms with Crippen LogP contribution in [-0.2, 0) is 14.4 Å². The lowest BCUT2D eigenvalue weighted by Gasteiger charge is -2.33. The zero-order chi connectivity index (χ0) is 20.3. The minimum atomic E-state index is -0.148. The van der Waals surface area contributed by atoms with Crippen LogP contribution in [0.3, 0.4) is 0 Å².